The maximum atomic E-state index is 12.1. The minimum absolute atomic E-state index is 0.239. The third-order valence-electron chi connectivity index (χ3n) is 5.70. The zero-order valence-electron chi connectivity index (χ0n) is 19.2. The van der Waals surface area contributed by atoms with Crippen molar-refractivity contribution in [2.45, 2.75) is 4.90 Å². The number of aromatic nitrogens is 3. The Morgan fingerprint density at radius 3 is 2.63 bits per heavy atom. The van der Waals surface area contributed by atoms with E-state index in [9.17, 15) is 13.2 Å². The van der Waals surface area contributed by atoms with Gasteiger partial charge in [-0.2, -0.15) is 0 Å². The Bertz CT molecular complexity index is 1530. The number of carbonyl (C=O) groups is 1. The lowest BCUT2D eigenvalue weighted by molar-refractivity contribution is 0.0962. The molecule has 1 aromatic carbocycles. The average Bonchev–Trinajstić information content (AvgIpc) is 3.32. The van der Waals surface area contributed by atoms with Gasteiger partial charge in [0.2, 0.25) is 0 Å². The normalized spacial score (nSPS) is 14.3. The molecule has 0 aliphatic carbocycles. The number of amides is 1. The lowest BCUT2D eigenvalue weighted by Crippen LogP contribution is -2.36. The molecule has 0 saturated carbocycles. The van der Waals surface area contributed by atoms with Gasteiger partial charge in [-0.3, -0.25) is 9.78 Å². The second-order valence-electron chi connectivity index (χ2n) is 8.14. The van der Waals surface area contributed by atoms with Crippen LogP contribution in [-0.2, 0) is 14.6 Å². The van der Waals surface area contributed by atoms with Crippen molar-refractivity contribution < 1.29 is 17.9 Å². The van der Waals surface area contributed by atoms with Gasteiger partial charge in [-0.15, -0.1) is 11.3 Å². The summed E-state index contributed by atoms with van der Waals surface area (Å²) in [5.41, 5.74) is 2.60. The van der Waals surface area contributed by atoms with Crippen LogP contribution in [0.25, 0.3) is 32.0 Å². The van der Waals surface area contributed by atoms with Crippen LogP contribution in [0.4, 0.5) is 5.82 Å². The minimum atomic E-state index is -3.33. The van der Waals surface area contributed by atoms with Gasteiger partial charge in [0.25, 0.3) is 5.91 Å². The fourth-order valence-corrected chi connectivity index (χ4v) is 5.66. The highest BCUT2D eigenvalue weighted by molar-refractivity contribution is 7.90. The van der Waals surface area contributed by atoms with Gasteiger partial charge < -0.3 is 15.0 Å². The van der Waals surface area contributed by atoms with E-state index in [2.05, 4.69) is 15.2 Å². The number of morpholine rings is 1. The Kier molecular flexibility index (Phi) is 6.22. The molecular formula is C24H23N5O4S2. The SMILES string of the molecule is CNC(=O)c1cncc(-c2nc(N3CCOCC3)c3sc(-c4cccc(S(C)(=O)=O)c4)cc3n2)c1. The van der Waals surface area contributed by atoms with E-state index in [0.29, 0.717) is 43.3 Å². The summed E-state index contributed by atoms with van der Waals surface area (Å²) in [6.45, 7) is 2.59. The van der Waals surface area contributed by atoms with Crippen LogP contribution in [0.2, 0.25) is 0 Å². The number of sulfone groups is 1. The zero-order valence-corrected chi connectivity index (χ0v) is 20.8. The van der Waals surface area contributed by atoms with Gasteiger partial charge in [-0.05, 0) is 29.8 Å². The third kappa shape index (κ3) is 4.75. The number of fused-ring (bicyclic) bond motifs is 1. The van der Waals surface area contributed by atoms with Crippen molar-refractivity contribution in [1.82, 2.24) is 20.3 Å². The molecule has 1 aliphatic rings. The first kappa shape index (κ1) is 23.3. The van der Waals surface area contributed by atoms with E-state index >= 15 is 0 Å². The van der Waals surface area contributed by atoms with Crippen molar-refractivity contribution in [3.8, 4) is 21.8 Å². The number of pyridine rings is 1. The first-order valence-corrected chi connectivity index (χ1v) is 13.7. The summed E-state index contributed by atoms with van der Waals surface area (Å²) in [6.07, 6.45) is 4.34. The van der Waals surface area contributed by atoms with Crippen LogP contribution >= 0.6 is 11.3 Å². The number of thiophene rings is 1. The molecule has 5 rings (SSSR count). The molecule has 1 fully saturated rings. The summed E-state index contributed by atoms with van der Waals surface area (Å²) in [7, 11) is -1.76. The second-order valence-corrected chi connectivity index (χ2v) is 11.2. The van der Waals surface area contributed by atoms with Gasteiger partial charge in [0, 0.05) is 49.2 Å². The number of ether oxygens (including phenoxy) is 1. The average molecular weight is 510 g/mol. The smallest absolute Gasteiger partial charge is 0.252 e. The third-order valence-corrected chi connectivity index (χ3v) is 7.98. The van der Waals surface area contributed by atoms with Gasteiger partial charge >= 0.3 is 0 Å². The number of hydrogen-bond donors (Lipinski definition) is 1. The number of hydrogen-bond acceptors (Lipinski definition) is 9. The lowest BCUT2D eigenvalue weighted by atomic mass is 10.1. The number of carbonyl (C=O) groups excluding carboxylic acids is 1. The van der Waals surface area contributed by atoms with Crippen LogP contribution < -0.4 is 10.2 Å². The first-order valence-electron chi connectivity index (χ1n) is 11.0. The number of benzene rings is 1. The monoisotopic (exact) mass is 509 g/mol. The van der Waals surface area contributed by atoms with Crippen LogP contribution in [0, 0.1) is 0 Å². The molecule has 4 heterocycles. The van der Waals surface area contributed by atoms with Crippen LogP contribution in [0.3, 0.4) is 0 Å². The minimum Gasteiger partial charge on any atom is -0.378 e. The number of nitrogens with one attached hydrogen (secondary N) is 1. The van der Waals surface area contributed by atoms with Gasteiger partial charge in [0.1, 0.15) is 0 Å². The number of anilines is 1. The highest BCUT2D eigenvalue weighted by Gasteiger charge is 2.21. The second kappa shape index (κ2) is 9.33. The van der Waals surface area contributed by atoms with Gasteiger partial charge in [0.15, 0.2) is 21.5 Å². The molecule has 0 radical (unpaired) electrons. The van der Waals surface area contributed by atoms with Crippen LogP contribution in [0.15, 0.2) is 53.7 Å². The van der Waals surface area contributed by atoms with Gasteiger partial charge in [-0.1, -0.05) is 12.1 Å². The quantitative estimate of drug-likeness (QED) is 0.437. The first-order chi connectivity index (χ1) is 16.8. The molecule has 1 saturated heterocycles. The molecule has 0 spiro atoms. The maximum Gasteiger partial charge on any atom is 0.252 e. The molecule has 35 heavy (non-hydrogen) atoms. The van der Waals surface area contributed by atoms with E-state index in [0.717, 1.165) is 26.5 Å². The van der Waals surface area contributed by atoms with Crippen LogP contribution in [-0.4, -0.2) is 68.9 Å². The summed E-state index contributed by atoms with van der Waals surface area (Å²) >= 11 is 1.52. The van der Waals surface area contributed by atoms with E-state index in [1.54, 1.807) is 37.5 Å². The predicted octanol–water partition coefficient (Wildman–Crippen LogP) is 3.02. The Balaban J connectivity index is 1.67. The number of nitrogens with zero attached hydrogens (tertiary/aromatic N) is 4. The highest BCUT2D eigenvalue weighted by atomic mass is 32.2. The Morgan fingerprint density at radius 2 is 1.89 bits per heavy atom. The van der Waals surface area contributed by atoms with Crippen LogP contribution in [0.1, 0.15) is 10.4 Å². The van der Waals surface area contributed by atoms with Crippen molar-refractivity contribution in [1.29, 1.82) is 0 Å². The molecule has 1 N–H and O–H groups in total. The summed E-state index contributed by atoms with van der Waals surface area (Å²) in [4.78, 5) is 29.3. The summed E-state index contributed by atoms with van der Waals surface area (Å²) in [5.74, 6) is 1.01. The van der Waals surface area contributed by atoms with Crippen molar-refractivity contribution in [3.63, 3.8) is 0 Å². The van der Waals surface area contributed by atoms with Gasteiger partial charge in [0.05, 0.1) is 33.9 Å². The van der Waals surface area contributed by atoms with E-state index in [1.165, 1.54) is 23.8 Å². The molecule has 9 nitrogen and oxygen atoms in total. The van der Waals surface area contributed by atoms with Crippen molar-refractivity contribution in [3.05, 3.63) is 54.4 Å². The summed E-state index contributed by atoms with van der Waals surface area (Å²) in [5, 5.41) is 2.61. The van der Waals surface area contributed by atoms with E-state index in [1.807, 2.05) is 12.1 Å². The lowest BCUT2D eigenvalue weighted by Gasteiger charge is -2.28. The molecule has 11 heteroatoms. The largest absolute Gasteiger partial charge is 0.378 e. The fourth-order valence-electron chi connectivity index (χ4n) is 3.89. The molecular weight excluding hydrogens is 486 g/mol. The van der Waals surface area contributed by atoms with Gasteiger partial charge in [-0.25, -0.2) is 18.4 Å². The van der Waals surface area contributed by atoms with Crippen molar-refractivity contribution in [2.24, 2.45) is 0 Å². The Morgan fingerprint density at radius 1 is 1.09 bits per heavy atom. The summed E-state index contributed by atoms with van der Waals surface area (Å²) < 4.78 is 30.6. The fraction of sp³-hybridized carbons (Fsp3) is 0.250. The topological polar surface area (TPSA) is 114 Å². The predicted molar refractivity (Wildman–Crippen MR) is 136 cm³/mol. The van der Waals surface area contributed by atoms with Crippen molar-refractivity contribution in [2.75, 3.05) is 44.5 Å². The maximum absolute atomic E-state index is 12.1. The molecule has 0 atom stereocenters. The van der Waals surface area contributed by atoms with E-state index in [4.69, 9.17) is 14.7 Å². The molecule has 3 aromatic heterocycles. The molecule has 0 unspecified atom stereocenters. The highest BCUT2D eigenvalue weighted by Crippen LogP contribution is 2.39. The molecule has 0 bridgehead atoms. The molecule has 4 aromatic rings. The van der Waals surface area contributed by atoms with Crippen molar-refractivity contribution >= 4 is 43.1 Å². The zero-order chi connectivity index (χ0) is 24.6. The standard InChI is InChI=1S/C24H23N5O4S2/c1-25-24(30)17-10-16(13-26-14-17)22-27-19-12-20(15-4-3-5-18(11-15)35(2,31)32)34-21(19)23(28-22)29-6-8-33-9-7-29/h3-5,10-14H,6-9H2,1-2H3,(H,25,30). The van der Waals surface area contributed by atoms with E-state index in [-0.39, 0.29) is 10.8 Å². The number of rotatable bonds is 5. The molecule has 180 valence electrons. The Labute approximate surface area is 206 Å². The summed E-state index contributed by atoms with van der Waals surface area (Å²) in [6, 6.07) is 10.6. The molecule has 1 aliphatic heterocycles. The molecule has 1 amide bonds. The van der Waals surface area contributed by atoms with Crippen LogP contribution in [0.5, 0.6) is 0 Å². The van der Waals surface area contributed by atoms with E-state index < -0.39 is 9.84 Å². The Hall–Kier alpha value is -3.41.